The highest BCUT2D eigenvalue weighted by molar-refractivity contribution is 5.69. The molecule has 1 aromatic heterocycles. The standard InChI is InChI=1S/C21H23N5O2/c1-4-15-6-10-17(11-7-15)23-20-19(26(27)28)14(3)22-21(25-20)24-18-12-8-16(5-2)9-13-18/h6-13H,4-5H2,1-3H3,(H2,22,23,24,25). The lowest BCUT2D eigenvalue weighted by molar-refractivity contribution is -0.385. The third kappa shape index (κ3) is 4.43. The quantitative estimate of drug-likeness (QED) is 0.428. The number of nitrogens with zero attached hydrogens (tertiary/aromatic N) is 3. The van der Waals surface area contributed by atoms with Crippen LogP contribution in [0, 0.1) is 17.0 Å². The lowest BCUT2D eigenvalue weighted by Crippen LogP contribution is -2.07. The molecule has 3 aromatic rings. The Kier molecular flexibility index (Phi) is 5.84. The molecule has 0 aliphatic heterocycles. The minimum Gasteiger partial charge on any atom is -0.334 e. The van der Waals surface area contributed by atoms with Gasteiger partial charge >= 0.3 is 5.69 Å². The first kappa shape index (κ1) is 19.3. The molecule has 0 atom stereocenters. The molecule has 3 rings (SSSR count). The number of rotatable bonds is 7. The number of nitro groups is 1. The van der Waals surface area contributed by atoms with Gasteiger partial charge in [-0.2, -0.15) is 4.98 Å². The first-order valence-corrected chi connectivity index (χ1v) is 9.25. The van der Waals surface area contributed by atoms with Crippen LogP contribution in [0.3, 0.4) is 0 Å². The molecular formula is C21H23N5O2. The molecular weight excluding hydrogens is 354 g/mol. The van der Waals surface area contributed by atoms with Gasteiger partial charge in [0, 0.05) is 11.4 Å². The molecule has 7 heteroatoms. The zero-order valence-corrected chi connectivity index (χ0v) is 16.2. The van der Waals surface area contributed by atoms with E-state index in [2.05, 4.69) is 34.4 Å². The Labute approximate surface area is 164 Å². The highest BCUT2D eigenvalue weighted by Crippen LogP contribution is 2.30. The van der Waals surface area contributed by atoms with Crippen molar-refractivity contribution in [1.29, 1.82) is 0 Å². The Hall–Kier alpha value is -3.48. The van der Waals surface area contributed by atoms with Crippen LogP contribution < -0.4 is 10.6 Å². The molecule has 0 aliphatic rings. The molecule has 0 spiro atoms. The van der Waals surface area contributed by atoms with E-state index >= 15 is 0 Å². The summed E-state index contributed by atoms with van der Waals surface area (Å²) in [6.45, 7) is 5.78. The van der Waals surface area contributed by atoms with Crippen molar-refractivity contribution in [1.82, 2.24) is 9.97 Å². The van der Waals surface area contributed by atoms with Crippen LogP contribution in [0.4, 0.5) is 28.8 Å². The topological polar surface area (TPSA) is 93.0 Å². The van der Waals surface area contributed by atoms with Gasteiger partial charge in [-0.05, 0) is 55.2 Å². The Morgan fingerprint density at radius 3 is 1.82 bits per heavy atom. The van der Waals surface area contributed by atoms with Gasteiger partial charge in [-0.25, -0.2) is 4.98 Å². The molecule has 28 heavy (non-hydrogen) atoms. The highest BCUT2D eigenvalue weighted by Gasteiger charge is 2.22. The molecule has 0 amide bonds. The summed E-state index contributed by atoms with van der Waals surface area (Å²) in [5.41, 5.74) is 4.13. The molecule has 0 aliphatic carbocycles. The summed E-state index contributed by atoms with van der Waals surface area (Å²) in [6, 6.07) is 15.7. The van der Waals surface area contributed by atoms with E-state index in [1.54, 1.807) is 6.92 Å². The van der Waals surface area contributed by atoms with Gasteiger partial charge < -0.3 is 10.6 Å². The molecule has 0 fully saturated rings. The van der Waals surface area contributed by atoms with Crippen molar-refractivity contribution >= 4 is 28.8 Å². The average Bonchev–Trinajstić information content (AvgIpc) is 2.68. The molecule has 0 saturated carbocycles. The molecule has 0 saturated heterocycles. The maximum Gasteiger partial charge on any atom is 0.332 e. The van der Waals surface area contributed by atoms with E-state index in [1.165, 1.54) is 11.1 Å². The van der Waals surface area contributed by atoms with Gasteiger partial charge in [-0.15, -0.1) is 0 Å². The molecule has 0 bridgehead atoms. The van der Waals surface area contributed by atoms with Crippen LogP contribution in [0.5, 0.6) is 0 Å². The number of hydrogen-bond donors (Lipinski definition) is 2. The van der Waals surface area contributed by atoms with Crippen LogP contribution in [-0.2, 0) is 12.8 Å². The predicted molar refractivity (Wildman–Crippen MR) is 112 cm³/mol. The SMILES string of the molecule is CCc1ccc(Nc2nc(C)c([N+](=O)[O-])c(Nc3ccc(CC)cc3)n2)cc1. The molecule has 0 radical (unpaired) electrons. The van der Waals surface area contributed by atoms with Crippen LogP contribution in [0.2, 0.25) is 0 Å². The van der Waals surface area contributed by atoms with Gasteiger partial charge in [0.1, 0.15) is 5.69 Å². The minimum absolute atomic E-state index is 0.133. The van der Waals surface area contributed by atoms with Gasteiger partial charge in [-0.3, -0.25) is 10.1 Å². The first-order valence-electron chi connectivity index (χ1n) is 9.25. The minimum atomic E-state index is -0.460. The van der Waals surface area contributed by atoms with E-state index in [0.29, 0.717) is 11.6 Å². The van der Waals surface area contributed by atoms with Crippen molar-refractivity contribution in [2.75, 3.05) is 10.6 Å². The zero-order chi connectivity index (χ0) is 20.1. The molecule has 7 nitrogen and oxygen atoms in total. The molecule has 2 aromatic carbocycles. The number of hydrogen-bond acceptors (Lipinski definition) is 6. The summed E-state index contributed by atoms with van der Waals surface area (Å²) in [5, 5.41) is 17.7. The summed E-state index contributed by atoms with van der Waals surface area (Å²) in [4.78, 5) is 19.7. The van der Waals surface area contributed by atoms with Gasteiger partial charge in [0.2, 0.25) is 11.8 Å². The average molecular weight is 377 g/mol. The number of anilines is 4. The Morgan fingerprint density at radius 1 is 0.857 bits per heavy atom. The van der Waals surface area contributed by atoms with Crippen molar-refractivity contribution in [3.05, 3.63) is 75.5 Å². The second-order valence-electron chi connectivity index (χ2n) is 6.44. The molecule has 0 unspecified atom stereocenters. The van der Waals surface area contributed by atoms with Crippen LogP contribution in [0.1, 0.15) is 30.7 Å². The fraction of sp³-hybridized carbons (Fsp3) is 0.238. The van der Waals surface area contributed by atoms with Crippen molar-refractivity contribution in [2.45, 2.75) is 33.6 Å². The lowest BCUT2D eigenvalue weighted by Gasteiger charge is -2.11. The van der Waals surface area contributed by atoms with Gasteiger partial charge in [0.05, 0.1) is 4.92 Å². The number of nitrogens with one attached hydrogen (secondary N) is 2. The van der Waals surface area contributed by atoms with E-state index in [-0.39, 0.29) is 11.5 Å². The molecule has 144 valence electrons. The van der Waals surface area contributed by atoms with Crippen molar-refractivity contribution < 1.29 is 4.92 Å². The Morgan fingerprint density at radius 2 is 1.36 bits per heavy atom. The van der Waals surface area contributed by atoms with Gasteiger partial charge in [-0.1, -0.05) is 38.1 Å². The highest BCUT2D eigenvalue weighted by atomic mass is 16.6. The fourth-order valence-corrected chi connectivity index (χ4v) is 2.84. The second-order valence-corrected chi connectivity index (χ2v) is 6.44. The zero-order valence-electron chi connectivity index (χ0n) is 16.2. The third-order valence-corrected chi connectivity index (χ3v) is 4.48. The van der Waals surface area contributed by atoms with Crippen LogP contribution in [-0.4, -0.2) is 14.9 Å². The predicted octanol–water partition coefficient (Wildman–Crippen LogP) is 5.31. The van der Waals surface area contributed by atoms with E-state index in [1.807, 2.05) is 48.5 Å². The smallest absolute Gasteiger partial charge is 0.332 e. The fourth-order valence-electron chi connectivity index (χ4n) is 2.84. The second kappa shape index (κ2) is 8.47. The van der Waals surface area contributed by atoms with Crippen LogP contribution >= 0.6 is 0 Å². The van der Waals surface area contributed by atoms with Crippen LogP contribution in [0.15, 0.2) is 48.5 Å². The Bertz CT molecular complexity index is 969. The summed E-state index contributed by atoms with van der Waals surface area (Å²) in [5.74, 6) is 0.467. The van der Waals surface area contributed by atoms with E-state index in [4.69, 9.17) is 0 Å². The monoisotopic (exact) mass is 377 g/mol. The van der Waals surface area contributed by atoms with Crippen molar-refractivity contribution in [3.63, 3.8) is 0 Å². The van der Waals surface area contributed by atoms with Gasteiger partial charge in [0.25, 0.3) is 0 Å². The summed E-state index contributed by atoms with van der Waals surface area (Å²) in [6.07, 6.45) is 1.89. The number of aromatic nitrogens is 2. The first-order chi connectivity index (χ1) is 13.5. The van der Waals surface area contributed by atoms with Crippen LogP contribution in [0.25, 0.3) is 0 Å². The maximum atomic E-state index is 11.5. The van der Waals surface area contributed by atoms with E-state index in [0.717, 1.165) is 24.2 Å². The van der Waals surface area contributed by atoms with E-state index in [9.17, 15) is 10.1 Å². The number of benzene rings is 2. The summed E-state index contributed by atoms with van der Waals surface area (Å²) >= 11 is 0. The number of aryl methyl sites for hydroxylation is 3. The summed E-state index contributed by atoms with van der Waals surface area (Å²) in [7, 11) is 0. The molecule has 2 N–H and O–H groups in total. The van der Waals surface area contributed by atoms with Crippen molar-refractivity contribution in [3.8, 4) is 0 Å². The Balaban J connectivity index is 1.92. The summed E-state index contributed by atoms with van der Waals surface area (Å²) < 4.78 is 0. The van der Waals surface area contributed by atoms with E-state index < -0.39 is 4.92 Å². The third-order valence-electron chi connectivity index (χ3n) is 4.48. The maximum absolute atomic E-state index is 11.5. The van der Waals surface area contributed by atoms with Crippen molar-refractivity contribution in [2.24, 2.45) is 0 Å². The molecule has 1 heterocycles. The largest absolute Gasteiger partial charge is 0.334 e. The normalized spacial score (nSPS) is 10.5. The lowest BCUT2D eigenvalue weighted by atomic mass is 10.1. The van der Waals surface area contributed by atoms with Gasteiger partial charge in [0.15, 0.2) is 0 Å².